The van der Waals surface area contributed by atoms with Gasteiger partial charge in [-0.3, -0.25) is 0 Å². The van der Waals surface area contributed by atoms with E-state index in [1.54, 1.807) is 5.38 Å². The van der Waals surface area contributed by atoms with Crippen LogP contribution in [-0.4, -0.2) is 4.98 Å². The summed E-state index contributed by atoms with van der Waals surface area (Å²) < 4.78 is 31.7. The second-order valence-corrected chi connectivity index (χ2v) is 4.19. The molecule has 0 bridgehead atoms. The van der Waals surface area contributed by atoms with Crippen molar-refractivity contribution in [1.29, 1.82) is 0 Å². The first-order valence-corrected chi connectivity index (χ1v) is 5.85. The van der Waals surface area contributed by atoms with Crippen LogP contribution in [-0.2, 0) is 6.42 Å². The maximum Gasteiger partial charge on any atom is 0.279 e. The zero-order chi connectivity index (χ0) is 12.4. The smallest absolute Gasteiger partial charge is 0.279 e. The van der Waals surface area contributed by atoms with Crippen molar-refractivity contribution in [3.63, 3.8) is 0 Å². The van der Waals surface area contributed by atoms with Crippen molar-refractivity contribution in [3.05, 3.63) is 34.8 Å². The fourth-order valence-corrected chi connectivity index (χ4v) is 1.98. The first kappa shape index (κ1) is 11.8. The molecule has 0 atom stereocenters. The molecule has 0 aliphatic heterocycles. The van der Waals surface area contributed by atoms with Crippen molar-refractivity contribution in [3.8, 4) is 10.9 Å². The number of benzene rings is 1. The number of hydrogen-bond donors (Lipinski definition) is 1. The van der Waals surface area contributed by atoms with Gasteiger partial charge in [0.15, 0.2) is 11.6 Å². The maximum atomic E-state index is 13.4. The number of anilines is 1. The lowest BCUT2D eigenvalue weighted by Gasteiger charge is -2.04. The number of nitrogens with zero attached hydrogens (tertiary/aromatic N) is 1. The highest BCUT2D eigenvalue weighted by atomic mass is 32.1. The molecule has 1 aromatic heterocycles. The van der Waals surface area contributed by atoms with Crippen LogP contribution in [0.3, 0.4) is 0 Å². The van der Waals surface area contributed by atoms with E-state index in [2.05, 4.69) is 4.98 Å². The van der Waals surface area contributed by atoms with Crippen LogP contribution in [0.5, 0.6) is 10.9 Å². The average Bonchev–Trinajstić information content (AvgIpc) is 2.73. The van der Waals surface area contributed by atoms with E-state index in [1.165, 1.54) is 11.3 Å². The highest BCUT2D eigenvalue weighted by Crippen LogP contribution is 2.29. The number of halogens is 2. The molecule has 17 heavy (non-hydrogen) atoms. The number of aromatic nitrogens is 1. The van der Waals surface area contributed by atoms with Gasteiger partial charge >= 0.3 is 0 Å². The maximum absolute atomic E-state index is 13.4. The van der Waals surface area contributed by atoms with E-state index in [1.807, 2.05) is 6.92 Å². The second-order valence-electron chi connectivity index (χ2n) is 3.36. The lowest BCUT2D eigenvalue weighted by atomic mass is 10.3. The van der Waals surface area contributed by atoms with E-state index in [0.717, 1.165) is 24.2 Å². The van der Waals surface area contributed by atoms with E-state index in [0.29, 0.717) is 0 Å². The molecule has 0 spiro atoms. The number of hydrogen-bond acceptors (Lipinski definition) is 4. The number of ether oxygens (including phenoxy) is 1. The van der Waals surface area contributed by atoms with Crippen molar-refractivity contribution in [2.45, 2.75) is 13.3 Å². The molecule has 1 aromatic carbocycles. The quantitative estimate of drug-likeness (QED) is 0.856. The Balaban J connectivity index is 2.26. The van der Waals surface area contributed by atoms with E-state index in [9.17, 15) is 8.78 Å². The van der Waals surface area contributed by atoms with Crippen LogP contribution in [0.25, 0.3) is 0 Å². The molecule has 6 heteroatoms. The lowest BCUT2D eigenvalue weighted by molar-refractivity contribution is 0.434. The standard InChI is InChI=1S/C11H10F2N2OS/c1-2-6-5-17-11(15-6)16-10-4-7(12)9(14)3-8(10)13/h3-5H,2,14H2,1H3. The normalized spacial score (nSPS) is 10.5. The number of nitrogen functional groups attached to an aromatic ring is 1. The minimum atomic E-state index is -0.714. The van der Waals surface area contributed by atoms with E-state index < -0.39 is 11.6 Å². The number of rotatable bonds is 3. The summed E-state index contributed by atoms with van der Waals surface area (Å²) in [5.74, 6) is -1.64. The van der Waals surface area contributed by atoms with Gasteiger partial charge in [0.25, 0.3) is 5.19 Å². The minimum Gasteiger partial charge on any atom is -0.428 e. The van der Waals surface area contributed by atoms with Gasteiger partial charge in [-0.15, -0.1) is 0 Å². The van der Waals surface area contributed by atoms with Crippen molar-refractivity contribution in [1.82, 2.24) is 4.98 Å². The summed E-state index contributed by atoms with van der Waals surface area (Å²) >= 11 is 1.23. The fourth-order valence-electron chi connectivity index (χ4n) is 1.21. The van der Waals surface area contributed by atoms with Crippen LogP contribution < -0.4 is 10.5 Å². The molecule has 0 saturated heterocycles. The largest absolute Gasteiger partial charge is 0.428 e. The van der Waals surface area contributed by atoms with Gasteiger partial charge in [-0.05, 0) is 6.42 Å². The predicted octanol–water partition coefficient (Wildman–Crippen LogP) is 3.36. The van der Waals surface area contributed by atoms with Crippen LogP contribution in [0, 0.1) is 11.6 Å². The zero-order valence-electron chi connectivity index (χ0n) is 9.04. The monoisotopic (exact) mass is 256 g/mol. The summed E-state index contributed by atoms with van der Waals surface area (Å²) in [6, 6.07) is 1.80. The molecule has 0 fully saturated rings. The molecule has 3 nitrogen and oxygen atoms in total. The molecule has 0 unspecified atom stereocenters. The molecule has 2 N–H and O–H groups in total. The molecule has 0 radical (unpaired) electrons. The highest BCUT2D eigenvalue weighted by molar-refractivity contribution is 7.11. The van der Waals surface area contributed by atoms with Crippen molar-refractivity contribution in [2.75, 3.05) is 5.73 Å². The first-order chi connectivity index (χ1) is 8.10. The molecular formula is C11H10F2N2OS. The van der Waals surface area contributed by atoms with Gasteiger partial charge in [0.2, 0.25) is 0 Å². The van der Waals surface area contributed by atoms with Gasteiger partial charge in [0.1, 0.15) is 5.82 Å². The lowest BCUT2D eigenvalue weighted by Crippen LogP contribution is -1.95. The number of thiazole rings is 1. The van der Waals surface area contributed by atoms with Gasteiger partial charge in [0, 0.05) is 17.5 Å². The van der Waals surface area contributed by atoms with Crippen LogP contribution >= 0.6 is 11.3 Å². The van der Waals surface area contributed by atoms with Gasteiger partial charge in [-0.1, -0.05) is 18.3 Å². The molecule has 1 heterocycles. The molecule has 2 rings (SSSR count). The average molecular weight is 256 g/mol. The van der Waals surface area contributed by atoms with Crippen molar-refractivity contribution in [2.24, 2.45) is 0 Å². The Bertz CT molecular complexity index is 542. The Kier molecular flexibility index (Phi) is 3.23. The van der Waals surface area contributed by atoms with E-state index in [-0.39, 0.29) is 16.6 Å². The first-order valence-electron chi connectivity index (χ1n) is 4.97. The third-order valence-corrected chi connectivity index (χ3v) is 2.91. The highest BCUT2D eigenvalue weighted by Gasteiger charge is 2.11. The molecule has 0 aliphatic rings. The van der Waals surface area contributed by atoms with Gasteiger partial charge in [-0.25, -0.2) is 13.8 Å². The molecule has 2 aromatic rings. The number of nitrogens with two attached hydrogens (primary N) is 1. The van der Waals surface area contributed by atoms with E-state index in [4.69, 9.17) is 10.5 Å². The molecular weight excluding hydrogens is 246 g/mol. The van der Waals surface area contributed by atoms with Gasteiger partial charge in [-0.2, -0.15) is 0 Å². The Morgan fingerprint density at radius 3 is 2.76 bits per heavy atom. The Hall–Kier alpha value is -1.69. The fraction of sp³-hybridized carbons (Fsp3) is 0.182. The summed E-state index contributed by atoms with van der Waals surface area (Å²) in [4.78, 5) is 4.09. The van der Waals surface area contributed by atoms with E-state index >= 15 is 0 Å². The van der Waals surface area contributed by atoms with Crippen LogP contribution in [0.15, 0.2) is 17.5 Å². The molecule has 0 amide bonds. The summed E-state index contributed by atoms with van der Waals surface area (Å²) in [7, 11) is 0. The van der Waals surface area contributed by atoms with Gasteiger partial charge < -0.3 is 10.5 Å². The van der Waals surface area contributed by atoms with Crippen molar-refractivity contribution < 1.29 is 13.5 Å². The van der Waals surface area contributed by atoms with Crippen LogP contribution in [0.4, 0.5) is 14.5 Å². The summed E-state index contributed by atoms with van der Waals surface area (Å²) in [6.45, 7) is 1.95. The van der Waals surface area contributed by atoms with Crippen LogP contribution in [0.1, 0.15) is 12.6 Å². The Labute approximate surface area is 101 Å². The Morgan fingerprint density at radius 2 is 2.12 bits per heavy atom. The zero-order valence-corrected chi connectivity index (χ0v) is 9.85. The molecule has 0 saturated carbocycles. The summed E-state index contributed by atoms with van der Waals surface area (Å²) in [5.41, 5.74) is 5.83. The van der Waals surface area contributed by atoms with Gasteiger partial charge in [0.05, 0.1) is 11.4 Å². The summed E-state index contributed by atoms with van der Waals surface area (Å²) in [6.07, 6.45) is 0.762. The molecule has 0 aliphatic carbocycles. The Morgan fingerprint density at radius 1 is 1.35 bits per heavy atom. The molecule has 90 valence electrons. The predicted molar refractivity (Wildman–Crippen MR) is 62.3 cm³/mol. The third kappa shape index (κ3) is 2.52. The summed E-state index contributed by atoms with van der Waals surface area (Å²) in [5, 5.41) is 2.09. The minimum absolute atomic E-state index is 0.214. The third-order valence-electron chi connectivity index (χ3n) is 2.14. The van der Waals surface area contributed by atoms with Crippen molar-refractivity contribution >= 4 is 17.0 Å². The topological polar surface area (TPSA) is 48.1 Å². The second kappa shape index (κ2) is 4.67. The van der Waals surface area contributed by atoms with Crippen LogP contribution in [0.2, 0.25) is 0 Å². The number of aryl methyl sites for hydroxylation is 1. The SMILES string of the molecule is CCc1csc(Oc2cc(F)c(N)cc2F)n1.